The standard InChI is InChI=1S/C11H18O2/c1-4-8(3)6-9-7-10(5-2)13-11(9)12/h6,8,10H,4-5,7H2,1-3H3. The van der Waals surface area contributed by atoms with Gasteiger partial charge in [0.25, 0.3) is 0 Å². The van der Waals surface area contributed by atoms with E-state index in [1.165, 1.54) is 0 Å². The zero-order valence-corrected chi connectivity index (χ0v) is 8.67. The Morgan fingerprint density at radius 1 is 1.62 bits per heavy atom. The van der Waals surface area contributed by atoms with E-state index < -0.39 is 0 Å². The number of rotatable bonds is 3. The molecule has 1 saturated heterocycles. The summed E-state index contributed by atoms with van der Waals surface area (Å²) in [5.41, 5.74) is 0.876. The van der Waals surface area contributed by atoms with E-state index >= 15 is 0 Å². The Kier molecular flexibility index (Phi) is 3.52. The van der Waals surface area contributed by atoms with Crippen LogP contribution < -0.4 is 0 Å². The maximum Gasteiger partial charge on any atom is 0.334 e. The number of carbonyl (C=O) groups excluding carboxylic acids is 1. The highest BCUT2D eigenvalue weighted by Gasteiger charge is 2.27. The number of carbonyl (C=O) groups is 1. The second kappa shape index (κ2) is 4.45. The van der Waals surface area contributed by atoms with Crippen molar-refractivity contribution >= 4 is 5.97 Å². The molecule has 0 aromatic carbocycles. The molecule has 2 atom stereocenters. The van der Waals surface area contributed by atoms with Crippen LogP contribution >= 0.6 is 0 Å². The van der Waals surface area contributed by atoms with E-state index in [0.717, 1.165) is 24.8 Å². The summed E-state index contributed by atoms with van der Waals surface area (Å²) in [6, 6.07) is 0. The van der Waals surface area contributed by atoms with E-state index in [1.807, 2.05) is 6.92 Å². The Morgan fingerprint density at radius 2 is 2.31 bits per heavy atom. The van der Waals surface area contributed by atoms with Crippen molar-refractivity contribution in [1.29, 1.82) is 0 Å². The van der Waals surface area contributed by atoms with Gasteiger partial charge in [0.1, 0.15) is 6.10 Å². The molecule has 0 aliphatic carbocycles. The van der Waals surface area contributed by atoms with Crippen LogP contribution in [-0.4, -0.2) is 12.1 Å². The Morgan fingerprint density at radius 3 is 2.77 bits per heavy atom. The second-order valence-electron chi connectivity index (χ2n) is 3.72. The van der Waals surface area contributed by atoms with E-state index in [4.69, 9.17) is 4.74 Å². The third kappa shape index (κ3) is 2.58. The molecular weight excluding hydrogens is 164 g/mol. The van der Waals surface area contributed by atoms with Crippen LogP contribution in [0.15, 0.2) is 11.6 Å². The Hall–Kier alpha value is -0.790. The largest absolute Gasteiger partial charge is 0.459 e. The molecular formula is C11H18O2. The van der Waals surface area contributed by atoms with Crippen LogP contribution in [0.5, 0.6) is 0 Å². The molecule has 0 saturated carbocycles. The van der Waals surface area contributed by atoms with E-state index in [1.54, 1.807) is 0 Å². The van der Waals surface area contributed by atoms with E-state index in [2.05, 4.69) is 19.9 Å². The molecule has 74 valence electrons. The molecule has 2 heteroatoms. The molecule has 0 bridgehead atoms. The van der Waals surface area contributed by atoms with Gasteiger partial charge in [0.15, 0.2) is 0 Å². The first-order valence-corrected chi connectivity index (χ1v) is 5.09. The fraction of sp³-hybridized carbons (Fsp3) is 0.727. The lowest BCUT2D eigenvalue weighted by atomic mass is 10.0. The summed E-state index contributed by atoms with van der Waals surface area (Å²) in [6.45, 7) is 6.29. The predicted molar refractivity (Wildman–Crippen MR) is 52.3 cm³/mol. The molecule has 1 rings (SSSR count). The highest BCUT2D eigenvalue weighted by molar-refractivity contribution is 5.90. The predicted octanol–water partition coefficient (Wildman–Crippen LogP) is 2.68. The van der Waals surface area contributed by atoms with Crippen molar-refractivity contribution < 1.29 is 9.53 Å². The Bertz CT molecular complexity index is 218. The van der Waals surface area contributed by atoms with Gasteiger partial charge in [-0.05, 0) is 12.3 Å². The van der Waals surface area contributed by atoms with Gasteiger partial charge in [-0.2, -0.15) is 0 Å². The molecule has 0 aromatic heterocycles. The van der Waals surface area contributed by atoms with Gasteiger partial charge in [-0.1, -0.05) is 33.3 Å². The molecule has 1 aliphatic rings. The molecule has 0 amide bonds. The topological polar surface area (TPSA) is 26.3 Å². The molecule has 1 fully saturated rings. The highest BCUT2D eigenvalue weighted by Crippen LogP contribution is 2.24. The fourth-order valence-corrected chi connectivity index (χ4v) is 1.42. The summed E-state index contributed by atoms with van der Waals surface area (Å²) >= 11 is 0. The first kappa shape index (κ1) is 10.3. The van der Waals surface area contributed by atoms with Gasteiger partial charge in [0.05, 0.1) is 0 Å². The van der Waals surface area contributed by atoms with Crippen molar-refractivity contribution in [2.75, 3.05) is 0 Å². The second-order valence-corrected chi connectivity index (χ2v) is 3.72. The third-order valence-electron chi connectivity index (χ3n) is 2.57. The van der Waals surface area contributed by atoms with Crippen LogP contribution in [0.4, 0.5) is 0 Å². The number of cyclic esters (lactones) is 1. The van der Waals surface area contributed by atoms with E-state index in [9.17, 15) is 4.79 Å². The van der Waals surface area contributed by atoms with Crippen LogP contribution in [0, 0.1) is 5.92 Å². The van der Waals surface area contributed by atoms with E-state index in [0.29, 0.717) is 5.92 Å². The van der Waals surface area contributed by atoms with Gasteiger partial charge in [-0.15, -0.1) is 0 Å². The van der Waals surface area contributed by atoms with E-state index in [-0.39, 0.29) is 12.1 Å². The minimum atomic E-state index is -0.104. The first-order chi connectivity index (χ1) is 6.17. The molecule has 0 N–H and O–H groups in total. The first-order valence-electron chi connectivity index (χ1n) is 5.09. The third-order valence-corrected chi connectivity index (χ3v) is 2.57. The summed E-state index contributed by atoms with van der Waals surface area (Å²) in [5, 5.41) is 0. The summed E-state index contributed by atoms with van der Waals surface area (Å²) in [5.74, 6) is 0.380. The number of esters is 1. The van der Waals surface area contributed by atoms with Gasteiger partial charge in [-0.3, -0.25) is 0 Å². The number of ether oxygens (including phenoxy) is 1. The van der Waals surface area contributed by atoms with Crippen LogP contribution in [0.25, 0.3) is 0 Å². The lowest BCUT2D eigenvalue weighted by Crippen LogP contribution is -2.03. The van der Waals surface area contributed by atoms with Gasteiger partial charge in [0, 0.05) is 12.0 Å². The van der Waals surface area contributed by atoms with Gasteiger partial charge in [-0.25, -0.2) is 4.79 Å². The molecule has 1 heterocycles. The number of allylic oxidation sites excluding steroid dienone is 1. The zero-order chi connectivity index (χ0) is 9.84. The molecule has 0 radical (unpaired) electrons. The minimum absolute atomic E-state index is 0.104. The average molecular weight is 182 g/mol. The molecule has 2 nitrogen and oxygen atoms in total. The Balaban J connectivity index is 2.61. The monoisotopic (exact) mass is 182 g/mol. The van der Waals surface area contributed by atoms with Crippen molar-refractivity contribution in [1.82, 2.24) is 0 Å². The van der Waals surface area contributed by atoms with Gasteiger partial charge >= 0.3 is 5.97 Å². The number of hydrogen-bond donors (Lipinski definition) is 0. The molecule has 2 unspecified atom stereocenters. The SMILES string of the molecule is CCC(C)C=C1CC(CC)OC1=O. The average Bonchev–Trinajstić information content (AvgIpc) is 2.47. The maximum absolute atomic E-state index is 11.3. The molecule has 0 aromatic rings. The molecule has 13 heavy (non-hydrogen) atoms. The maximum atomic E-state index is 11.3. The van der Waals surface area contributed by atoms with Crippen LogP contribution in [0.3, 0.4) is 0 Å². The van der Waals surface area contributed by atoms with Crippen LogP contribution in [0.1, 0.15) is 40.0 Å². The summed E-state index contributed by atoms with van der Waals surface area (Å²) < 4.78 is 5.16. The van der Waals surface area contributed by atoms with Crippen LogP contribution in [0.2, 0.25) is 0 Å². The van der Waals surface area contributed by atoms with Crippen molar-refractivity contribution in [3.63, 3.8) is 0 Å². The van der Waals surface area contributed by atoms with Gasteiger partial charge < -0.3 is 4.74 Å². The molecule has 1 aliphatic heterocycles. The lowest BCUT2D eigenvalue weighted by Gasteiger charge is -2.01. The smallest absolute Gasteiger partial charge is 0.334 e. The lowest BCUT2D eigenvalue weighted by molar-refractivity contribution is -0.138. The minimum Gasteiger partial charge on any atom is -0.459 e. The quantitative estimate of drug-likeness (QED) is 0.495. The number of hydrogen-bond acceptors (Lipinski definition) is 2. The van der Waals surface area contributed by atoms with Crippen molar-refractivity contribution in [2.24, 2.45) is 5.92 Å². The molecule has 0 spiro atoms. The Labute approximate surface area is 80.0 Å². The fourth-order valence-electron chi connectivity index (χ4n) is 1.42. The summed E-state index contributed by atoms with van der Waals surface area (Å²) in [6.07, 6.45) is 4.98. The summed E-state index contributed by atoms with van der Waals surface area (Å²) in [4.78, 5) is 11.3. The van der Waals surface area contributed by atoms with Crippen LogP contribution in [-0.2, 0) is 9.53 Å². The normalized spacial score (nSPS) is 27.8. The van der Waals surface area contributed by atoms with Crippen molar-refractivity contribution in [2.45, 2.75) is 46.1 Å². The summed E-state index contributed by atoms with van der Waals surface area (Å²) in [7, 11) is 0. The highest BCUT2D eigenvalue weighted by atomic mass is 16.5. The van der Waals surface area contributed by atoms with Crippen molar-refractivity contribution in [3.8, 4) is 0 Å². The zero-order valence-electron chi connectivity index (χ0n) is 8.67. The van der Waals surface area contributed by atoms with Gasteiger partial charge in [0.2, 0.25) is 0 Å². The van der Waals surface area contributed by atoms with Crippen molar-refractivity contribution in [3.05, 3.63) is 11.6 Å².